The van der Waals surface area contributed by atoms with Gasteiger partial charge >= 0.3 is 5.97 Å². The molecule has 5 heteroatoms. The molecule has 0 spiro atoms. The highest BCUT2D eigenvalue weighted by Crippen LogP contribution is 2.40. The third-order valence-electron chi connectivity index (χ3n) is 5.05. The Bertz CT molecular complexity index is 964. The Morgan fingerprint density at radius 3 is 2.36 bits per heavy atom. The summed E-state index contributed by atoms with van der Waals surface area (Å²) in [6.45, 7) is 4.86. The molecule has 1 aliphatic heterocycles. The zero-order chi connectivity index (χ0) is 20.3. The second-order valence-electron chi connectivity index (χ2n) is 7.60. The van der Waals surface area contributed by atoms with E-state index >= 15 is 0 Å². The molecule has 0 unspecified atom stereocenters. The van der Waals surface area contributed by atoms with E-state index in [9.17, 15) is 14.7 Å². The van der Waals surface area contributed by atoms with Crippen molar-refractivity contribution < 1.29 is 19.8 Å². The van der Waals surface area contributed by atoms with Gasteiger partial charge in [-0.05, 0) is 59.9 Å². The maximum absolute atomic E-state index is 12.5. The third kappa shape index (κ3) is 4.34. The molecule has 0 aromatic heterocycles. The van der Waals surface area contributed by atoms with Crippen LogP contribution in [0.25, 0.3) is 0 Å². The molecule has 0 aliphatic carbocycles. The molecule has 0 saturated heterocycles. The average Bonchev–Trinajstić information content (AvgIpc) is 2.66. The first kappa shape index (κ1) is 19.5. The van der Waals surface area contributed by atoms with Crippen LogP contribution in [0.3, 0.4) is 0 Å². The van der Waals surface area contributed by atoms with Crippen LogP contribution >= 0.6 is 0 Å². The third-order valence-corrected chi connectivity index (χ3v) is 5.05. The van der Waals surface area contributed by atoms with Gasteiger partial charge in [-0.1, -0.05) is 25.7 Å². The van der Waals surface area contributed by atoms with Gasteiger partial charge in [0.2, 0.25) is 5.91 Å². The van der Waals surface area contributed by atoms with Crippen molar-refractivity contribution in [3.8, 4) is 17.6 Å². The molecule has 0 radical (unpaired) electrons. The second-order valence-corrected chi connectivity index (χ2v) is 7.60. The molecular weight excluding hydrogens is 354 g/mol. The van der Waals surface area contributed by atoms with Crippen LogP contribution in [0.5, 0.6) is 5.75 Å². The molecule has 5 nitrogen and oxygen atoms in total. The fourth-order valence-corrected chi connectivity index (χ4v) is 3.33. The monoisotopic (exact) mass is 377 g/mol. The van der Waals surface area contributed by atoms with Gasteiger partial charge in [0.1, 0.15) is 5.75 Å². The number of anilines is 1. The van der Waals surface area contributed by atoms with Gasteiger partial charge in [-0.15, -0.1) is 0 Å². The zero-order valence-electron chi connectivity index (χ0n) is 16.0. The van der Waals surface area contributed by atoms with Gasteiger partial charge in [0, 0.05) is 29.8 Å². The fourth-order valence-electron chi connectivity index (χ4n) is 3.33. The first-order chi connectivity index (χ1) is 13.3. The number of amides is 1. The number of carbonyl (C=O) groups is 2. The van der Waals surface area contributed by atoms with Crippen LogP contribution in [0.2, 0.25) is 0 Å². The van der Waals surface area contributed by atoms with Crippen molar-refractivity contribution in [3.63, 3.8) is 0 Å². The van der Waals surface area contributed by atoms with E-state index in [0.717, 1.165) is 28.8 Å². The molecule has 2 aromatic rings. The van der Waals surface area contributed by atoms with E-state index in [1.165, 1.54) is 0 Å². The minimum Gasteiger partial charge on any atom is -0.508 e. The van der Waals surface area contributed by atoms with Gasteiger partial charge < -0.3 is 15.1 Å². The lowest BCUT2D eigenvalue weighted by atomic mass is 9.77. The Morgan fingerprint density at radius 1 is 1.04 bits per heavy atom. The first-order valence-corrected chi connectivity index (χ1v) is 9.24. The Morgan fingerprint density at radius 2 is 1.68 bits per heavy atom. The van der Waals surface area contributed by atoms with E-state index in [0.29, 0.717) is 6.54 Å². The summed E-state index contributed by atoms with van der Waals surface area (Å²) >= 11 is 0. The molecule has 0 bridgehead atoms. The van der Waals surface area contributed by atoms with Crippen LogP contribution < -0.4 is 4.90 Å². The maximum atomic E-state index is 12.5. The minimum atomic E-state index is -0.967. The predicted molar refractivity (Wildman–Crippen MR) is 107 cm³/mol. The van der Waals surface area contributed by atoms with Gasteiger partial charge in [0.25, 0.3) is 0 Å². The molecule has 144 valence electrons. The summed E-state index contributed by atoms with van der Waals surface area (Å²) in [5.74, 6) is 5.29. The Kier molecular flexibility index (Phi) is 5.41. The number of benzene rings is 2. The number of carboxylic acid groups (broad SMARTS) is 1. The van der Waals surface area contributed by atoms with Crippen LogP contribution in [-0.4, -0.2) is 28.6 Å². The number of carbonyl (C=O) groups excluding carboxylic acids is 1. The van der Waals surface area contributed by atoms with Gasteiger partial charge in [0.05, 0.1) is 6.42 Å². The average molecular weight is 377 g/mol. The highest BCUT2D eigenvalue weighted by atomic mass is 16.4. The van der Waals surface area contributed by atoms with E-state index in [-0.39, 0.29) is 29.9 Å². The first-order valence-electron chi connectivity index (χ1n) is 9.24. The van der Waals surface area contributed by atoms with E-state index < -0.39 is 5.97 Å². The number of aromatic hydroxyl groups is 1. The van der Waals surface area contributed by atoms with Crippen molar-refractivity contribution in [1.29, 1.82) is 0 Å². The summed E-state index contributed by atoms with van der Waals surface area (Å²) in [4.78, 5) is 25.0. The van der Waals surface area contributed by atoms with Gasteiger partial charge in [-0.25, -0.2) is 0 Å². The number of nitrogens with zero attached hydrogens (tertiary/aromatic N) is 1. The normalized spacial score (nSPS) is 14.6. The van der Waals surface area contributed by atoms with Crippen molar-refractivity contribution in [2.24, 2.45) is 0 Å². The number of phenolic OH excluding ortho intramolecular Hbond substituents is 1. The standard InChI is InChI=1S/C23H23NO4/c1-23(2)13-14-24(21(26)11-12-22(27)28)20-10-7-17(15-19(20)23)4-3-16-5-8-18(25)9-6-16/h5-10,15,25H,11-14H2,1-2H3,(H,27,28). The van der Waals surface area contributed by atoms with E-state index in [4.69, 9.17) is 5.11 Å². The summed E-state index contributed by atoms with van der Waals surface area (Å²) in [7, 11) is 0. The lowest BCUT2D eigenvalue weighted by Crippen LogP contribution is -2.41. The summed E-state index contributed by atoms with van der Waals surface area (Å²) in [6, 6.07) is 12.5. The van der Waals surface area contributed by atoms with Crippen molar-refractivity contribution >= 4 is 17.6 Å². The smallest absolute Gasteiger partial charge is 0.303 e. The van der Waals surface area contributed by atoms with Gasteiger partial charge in [-0.3, -0.25) is 9.59 Å². The molecule has 3 rings (SSSR count). The van der Waals surface area contributed by atoms with Gasteiger partial charge in [-0.2, -0.15) is 0 Å². The molecular formula is C23H23NO4. The van der Waals surface area contributed by atoms with E-state index in [1.54, 1.807) is 29.2 Å². The molecule has 2 aromatic carbocycles. The number of phenols is 1. The van der Waals surface area contributed by atoms with Crippen molar-refractivity contribution in [2.45, 2.75) is 38.5 Å². The number of aliphatic carboxylic acids is 1. The summed E-state index contributed by atoms with van der Waals surface area (Å²) in [5, 5.41) is 18.2. The molecule has 28 heavy (non-hydrogen) atoms. The molecule has 0 atom stereocenters. The van der Waals surface area contributed by atoms with Crippen molar-refractivity contribution in [2.75, 3.05) is 11.4 Å². The fraction of sp³-hybridized carbons (Fsp3) is 0.304. The molecule has 1 heterocycles. The Balaban J connectivity index is 1.90. The number of fused-ring (bicyclic) bond motifs is 1. The second kappa shape index (κ2) is 7.77. The van der Waals surface area contributed by atoms with Crippen LogP contribution in [0.1, 0.15) is 49.8 Å². The highest BCUT2D eigenvalue weighted by Gasteiger charge is 2.33. The van der Waals surface area contributed by atoms with Gasteiger partial charge in [0.15, 0.2) is 0 Å². The SMILES string of the molecule is CC1(C)CCN(C(=O)CCC(=O)O)c2ccc(C#Cc3ccc(O)cc3)cc21. The molecule has 1 aliphatic rings. The molecule has 0 saturated carbocycles. The van der Waals surface area contributed by atoms with Crippen LogP contribution in [-0.2, 0) is 15.0 Å². The number of hydrogen-bond donors (Lipinski definition) is 2. The quantitative estimate of drug-likeness (QED) is 0.800. The maximum Gasteiger partial charge on any atom is 0.303 e. The Hall–Kier alpha value is -3.26. The summed E-state index contributed by atoms with van der Waals surface area (Å²) < 4.78 is 0. The molecule has 2 N–H and O–H groups in total. The molecule has 1 amide bonds. The summed E-state index contributed by atoms with van der Waals surface area (Å²) in [6.07, 6.45) is 0.634. The van der Waals surface area contributed by atoms with Crippen LogP contribution in [0.4, 0.5) is 5.69 Å². The Labute approximate surface area is 164 Å². The topological polar surface area (TPSA) is 77.8 Å². The lowest BCUT2D eigenvalue weighted by molar-refractivity contribution is -0.138. The largest absolute Gasteiger partial charge is 0.508 e. The minimum absolute atomic E-state index is 0.00237. The summed E-state index contributed by atoms with van der Waals surface area (Å²) in [5.41, 5.74) is 3.43. The number of rotatable bonds is 3. The van der Waals surface area contributed by atoms with Crippen LogP contribution in [0.15, 0.2) is 42.5 Å². The van der Waals surface area contributed by atoms with Crippen molar-refractivity contribution in [3.05, 3.63) is 59.2 Å². The van der Waals surface area contributed by atoms with E-state index in [1.807, 2.05) is 18.2 Å². The number of carboxylic acids is 1. The number of hydrogen-bond acceptors (Lipinski definition) is 3. The molecule has 0 fully saturated rings. The van der Waals surface area contributed by atoms with Crippen molar-refractivity contribution in [1.82, 2.24) is 0 Å². The zero-order valence-corrected chi connectivity index (χ0v) is 16.0. The van der Waals surface area contributed by atoms with E-state index in [2.05, 4.69) is 25.7 Å². The highest BCUT2D eigenvalue weighted by molar-refractivity contribution is 5.96. The lowest BCUT2D eigenvalue weighted by Gasteiger charge is -2.39. The predicted octanol–water partition coefficient (Wildman–Crippen LogP) is 3.67. The van der Waals surface area contributed by atoms with Crippen LogP contribution in [0, 0.1) is 11.8 Å².